The third-order valence-electron chi connectivity index (χ3n) is 3.19. The summed E-state index contributed by atoms with van der Waals surface area (Å²) in [6.45, 7) is 8.39. The highest BCUT2D eigenvalue weighted by Gasteiger charge is 2.20. The Bertz CT molecular complexity index is 568. The van der Waals surface area contributed by atoms with E-state index in [1.54, 1.807) is 0 Å². The Balaban J connectivity index is 2.19. The van der Waals surface area contributed by atoms with E-state index in [1.807, 2.05) is 18.3 Å². The Hall–Kier alpha value is -1.93. The van der Waals surface area contributed by atoms with Crippen LogP contribution in [0.15, 0.2) is 60.9 Å². The molecule has 0 aliphatic carbocycles. The first-order valence-electron chi connectivity index (χ1n) is 6.45. The first kappa shape index (κ1) is 13.5. The molecule has 0 saturated carbocycles. The molecule has 1 aromatic carbocycles. The highest BCUT2D eigenvalue weighted by atomic mass is 28.3. The predicted octanol–water partition coefficient (Wildman–Crippen LogP) is 3.89. The van der Waals surface area contributed by atoms with Gasteiger partial charge in [0, 0.05) is 11.5 Å². The van der Waals surface area contributed by atoms with E-state index in [2.05, 4.69) is 72.8 Å². The van der Waals surface area contributed by atoms with E-state index in [-0.39, 0.29) is 0 Å². The lowest BCUT2D eigenvalue weighted by molar-refractivity contribution is 1.37. The largest absolute Gasteiger partial charge is 0.266 e. The number of aromatic nitrogens is 1. The van der Waals surface area contributed by atoms with Crippen LogP contribution in [0, 0.1) is 0 Å². The minimum Gasteiger partial charge on any atom is -0.266 e. The van der Waals surface area contributed by atoms with E-state index in [4.69, 9.17) is 0 Å². The molecule has 2 aromatic rings. The molecule has 1 aromatic heterocycles. The summed E-state index contributed by atoms with van der Waals surface area (Å²) >= 11 is 0. The minimum absolute atomic E-state index is 1.15. The molecule has 0 unspecified atom stereocenters. The number of benzene rings is 1. The zero-order valence-corrected chi connectivity index (χ0v) is 12.5. The van der Waals surface area contributed by atoms with E-state index in [9.17, 15) is 0 Å². The van der Waals surface area contributed by atoms with Gasteiger partial charge in [0.1, 0.15) is 8.07 Å². The van der Waals surface area contributed by atoms with Gasteiger partial charge >= 0.3 is 0 Å². The normalized spacial score (nSPS) is 11.7. The van der Waals surface area contributed by atoms with Crippen LogP contribution in [0.5, 0.6) is 0 Å². The lowest BCUT2D eigenvalue weighted by Gasteiger charge is -2.16. The Kier molecular flexibility index (Phi) is 4.12. The van der Waals surface area contributed by atoms with Crippen molar-refractivity contribution in [3.63, 3.8) is 0 Å². The molecule has 2 rings (SSSR count). The molecular weight excluding hydrogens is 246 g/mol. The molecule has 0 aliphatic heterocycles. The number of hydrogen-bond donors (Lipinski definition) is 0. The number of pyridine rings is 1. The average Bonchev–Trinajstić information content (AvgIpc) is 2.47. The van der Waals surface area contributed by atoms with Crippen molar-refractivity contribution in [2.45, 2.75) is 13.1 Å². The van der Waals surface area contributed by atoms with Crippen LogP contribution in [-0.2, 0) is 0 Å². The molecule has 1 heterocycles. The smallest absolute Gasteiger partial charge is 0.127 e. The quantitative estimate of drug-likeness (QED) is 0.764. The third-order valence-corrected chi connectivity index (χ3v) is 5.81. The van der Waals surface area contributed by atoms with Gasteiger partial charge in [-0.1, -0.05) is 67.9 Å². The molecule has 0 amide bonds. The van der Waals surface area contributed by atoms with Crippen LogP contribution in [-0.4, -0.2) is 13.1 Å². The van der Waals surface area contributed by atoms with Gasteiger partial charge in [0.15, 0.2) is 0 Å². The maximum absolute atomic E-state index is 4.49. The van der Waals surface area contributed by atoms with E-state index < -0.39 is 8.07 Å². The van der Waals surface area contributed by atoms with Crippen LogP contribution in [0.2, 0.25) is 13.1 Å². The second-order valence-corrected chi connectivity index (χ2v) is 9.43. The van der Waals surface area contributed by atoms with Gasteiger partial charge in [-0.25, -0.2) is 0 Å². The fourth-order valence-electron chi connectivity index (χ4n) is 1.88. The van der Waals surface area contributed by atoms with E-state index >= 15 is 0 Å². The van der Waals surface area contributed by atoms with Gasteiger partial charge in [0.25, 0.3) is 0 Å². The molecule has 1 nitrogen and oxygen atoms in total. The van der Waals surface area contributed by atoms with Gasteiger partial charge in [-0.2, -0.15) is 0 Å². The topological polar surface area (TPSA) is 12.9 Å². The summed E-state index contributed by atoms with van der Waals surface area (Å²) in [5, 5.41) is 1.22. The summed E-state index contributed by atoms with van der Waals surface area (Å²) in [4.78, 5) is 4.49. The zero-order chi connectivity index (χ0) is 13.7. The first-order chi connectivity index (χ1) is 9.12. The first-order valence-corrected chi connectivity index (χ1v) is 9.53. The Morgan fingerprint density at radius 2 is 1.68 bits per heavy atom. The van der Waals surface area contributed by atoms with E-state index in [0.717, 1.165) is 5.56 Å². The molecular formula is C17H19NSi. The molecule has 0 N–H and O–H groups in total. The summed E-state index contributed by atoms with van der Waals surface area (Å²) in [6.07, 6.45) is 5.94. The Morgan fingerprint density at radius 3 is 2.26 bits per heavy atom. The second kappa shape index (κ2) is 5.80. The molecule has 0 saturated heterocycles. The standard InChI is InChI=1S/C17H19NSi/c1-4-15-8-10-16(11-9-15)12-14-19(2,3)17-7-5-6-13-18-17/h4-14H,1H2,2-3H3/b14-12+. The van der Waals surface area contributed by atoms with Crippen LogP contribution >= 0.6 is 0 Å². The lowest BCUT2D eigenvalue weighted by atomic mass is 10.1. The van der Waals surface area contributed by atoms with Crippen LogP contribution in [0.4, 0.5) is 0 Å². The summed E-state index contributed by atoms with van der Waals surface area (Å²) in [5.41, 5.74) is 4.71. The number of nitrogens with zero attached hydrogens (tertiary/aromatic N) is 1. The molecule has 0 radical (unpaired) electrons. The van der Waals surface area contributed by atoms with Crippen molar-refractivity contribution >= 4 is 25.5 Å². The fourth-order valence-corrected chi connectivity index (χ4v) is 3.59. The summed E-state index contributed by atoms with van der Waals surface area (Å²) in [6, 6.07) is 14.6. The Morgan fingerprint density at radius 1 is 1.00 bits per heavy atom. The van der Waals surface area contributed by atoms with Crippen molar-refractivity contribution in [2.75, 3.05) is 0 Å². The van der Waals surface area contributed by atoms with Crippen molar-refractivity contribution in [2.24, 2.45) is 0 Å². The molecule has 0 atom stereocenters. The maximum Gasteiger partial charge on any atom is 0.127 e. The van der Waals surface area contributed by atoms with Gasteiger partial charge in [-0.05, 0) is 23.3 Å². The number of rotatable bonds is 4. The maximum atomic E-state index is 4.49. The zero-order valence-electron chi connectivity index (χ0n) is 11.5. The summed E-state index contributed by atoms with van der Waals surface area (Å²) in [7, 11) is -1.60. The lowest BCUT2D eigenvalue weighted by Crippen LogP contribution is -2.41. The SMILES string of the molecule is C=Cc1ccc(/C=C/[Si](C)(C)c2ccccn2)cc1. The highest BCUT2D eigenvalue weighted by Crippen LogP contribution is 2.10. The predicted molar refractivity (Wildman–Crippen MR) is 86.9 cm³/mol. The van der Waals surface area contributed by atoms with Crippen molar-refractivity contribution in [1.29, 1.82) is 0 Å². The van der Waals surface area contributed by atoms with Crippen molar-refractivity contribution < 1.29 is 0 Å². The fraction of sp³-hybridized carbons (Fsp3) is 0.118. The van der Waals surface area contributed by atoms with Gasteiger partial charge in [0.05, 0.1) is 0 Å². The van der Waals surface area contributed by atoms with Crippen LogP contribution in [0.25, 0.3) is 12.2 Å². The Labute approximate surface area is 116 Å². The molecule has 0 spiro atoms. The molecule has 19 heavy (non-hydrogen) atoms. The highest BCUT2D eigenvalue weighted by molar-refractivity contribution is 6.93. The van der Waals surface area contributed by atoms with Crippen LogP contribution in [0.3, 0.4) is 0 Å². The third kappa shape index (κ3) is 3.52. The summed E-state index contributed by atoms with van der Waals surface area (Å²) in [5.74, 6) is 0. The van der Waals surface area contributed by atoms with Crippen LogP contribution in [0.1, 0.15) is 11.1 Å². The van der Waals surface area contributed by atoms with Gasteiger partial charge in [-0.3, -0.25) is 4.98 Å². The van der Waals surface area contributed by atoms with E-state index in [0.29, 0.717) is 0 Å². The van der Waals surface area contributed by atoms with Crippen molar-refractivity contribution in [3.05, 3.63) is 72.1 Å². The monoisotopic (exact) mass is 265 g/mol. The van der Waals surface area contributed by atoms with Gasteiger partial charge in [0.2, 0.25) is 0 Å². The molecule has 2 heteroatoms. The van der Waals surface area contributed by atoms with Gasteiger partial charge in [-0.15, -0.1) is 0 Å². The summed E-state index contributed by atoms with van der Waals surface area (Å²) < 4.78 is 0. The molecule has 0 fully saturated rings. The molecule has 0 bridgehead atoms. The molecule has 96 valence electrons. The van der Waals surface area contributed by atoms with Crippen molar-refractivity contribution in [3.8, 4) is 0 Å². The minimum atomic E-state index is -1.60. The molecule has 0 aliphatic rings. The number of hydrogen-bond acceptors (Lipinski definition) is 1. The van der Waals surface area contributed by atoms with Crippen LogP contribution < -0.4 is 5.32 Å². The average molecular weight is 265 g/mol. The van der Waals surface area contributed by atoms with Gasteiger partial charge < -0.3 is 0 Å². The van der Waals surface area contributed by atoms with E-state index in [1.165, 1.54) is 10.9 Å². The van der Waals surface area contributed by atoms with Crippen molar-refractivity contribution in [1.82, 2.24) is 4.98 Å². The second-order valence-electron chi connectivity index (χ2n) is 5.14.